The van der Waals surface area contributed by atoms with Crippen LogP contribution in [0.15, 0.2) is 48.5 Å². The van der Waals surface area contributed by atoms with Crippen molar-refractivity contribution in [2.24, 2.45) is 0 Å². The molecule has 104 valence electrons. The standard InChI is InChI=1S/C16H17NO3/c1-17-10-16(12-5-3-2-4-6-12)20-13-7-8-14-15(9-13)19-11-18-14/h2-9,16-17H,10-11H2,1H3. The Bertz CT molecular complexity index is 571. The average molecular weight is 271 g/mol. The van der Waals surface area contributed by atoms with E-state index in [0.29, 0.717) is 0 Å². The molecule has 1 heterocycles. The van der Waals surface area contributed by atoms with Gasteiger partial charge in [-0.15, -0.1) is 0 Å². The molecule has 0 aliphatic carbocycles. The maximum absolute atomic E-state index is 6.07. The zero-order valence-electron chi connectivity index (χ0n) is 11.3. The number of hydrogen-bond donors (Lipinski definition) is 1. The molecule has 0 bridgehead atoms. The summed E-state index contributed by atoms with van der Waals surface area (Å²) in [5.74, 6) is 2.28. The van der Waals surface area contributed by atoms with Crippen LogP contribution in [0.2, 0.25) is 0 Å². The number of ether oxygens (including phenoxy) is 3. The molecule has 2 aromatic carbocycles. The molecule has 0 saturated heterocycles. The van der Waals surface area contributed by atoms with E-state index in [-0.39, 0.29) is 12.9 Å². The number of hydrogen-bond acceptors (Lipinski definition) is 4. The first-order valence-electron chi connectivity index (χ1n) is 6.62. The summed E-state index contributed by atoms with van der Waals surface area (Å²) < 4.78 is 16.7. The Labute approximate surface area is 118 Å². The van der Waals surface area contributed by atoms with Crippen molar-refractivity contribution in [1.82, 2.24) is 5.32 Å². The minimum absolute atomic E-state index is 0.0402. The molecule has 2 aromatic rings. The summed E-state index contributed by atoms with van der Waals surface area (Å²) >= 11 is 0. The van der Waals surface area contributed by atoms with Crippen LogP contribution in [-0.2, 0) is 0 Å². The lowest BCUT2D eigenvalue weighted by molar-refractivity contribution is 0.173. The number of benzene rings is 2. The summed E-state index contributed by atoms with van der Waals surface area (Å²) in [6, 6.07) is 15.8. The molecule has 4 heteroatoms. The van der Waals surface area contributed by atoms with Crippen molar-refractivity contribution in [3.05, 3.63) is 54.1 Å². The van der Waals surface area contributed by atoms with E-state index in [4.69, 9.17) is 14.2 Å². The molecular formula is C16H17NO3. The van der Waals surface area contributed by atoms with Gasteiger partial charge < -0.3 is 19.5 Å². The van der Waals surface area contributed by atoms with E-state index >= 15 is 0 Å². The Hall–Kier alpha value is -2.20. The molecule has 1 unspecified atom stereocenters. The van der Waals surface area contributed by atoms with Gasteiger partial charge in [-0.1, -0.05) is 30.3 Å². The maximum atomic E-state index is 6.07. The van der Waals surface area contributed by atoms with Crippen molar-refractivity contribution in [2.45, 2.75) is 6.10 Å². The van der Waals surface area contributed by atoms with Crippen LogP contribution < -0.4 is 19.5 Å². The summed E-state index contributed by atoms with van der Waals surface area (Å²) in [6.45, 7) is 1.01. The van der Waals surface area contributed by atoms with Crippen molar-refractivity contribution < 1.29 is 14.2 Å². The summed E-state index contributed by atoms with van der Waals surface area (Å²) in [5, 5.41) is 3.16. The quantitative estimate of drug-likeness (QED) is 0.907. The van der Waals surface area contributed by atoms with E-state index in [1.165, 1.54) is 0 Å². The van der Waals surface area contributed by atoms with Gasteiger partial charge in [0.2, 0.25) is 6.79 Å². The highest BCUT2D eigenvalue weighted by Crippen LogP contribution is 2.36. The van der Waals surface area contributed by atoms with Crippen LogP contribution in [0.1, 0.15) is 11.7 Å². The number of rotatable bonds is 5. The van der Waals surface area contributed by atoms with Crippen molar-refractivity contribution in [3.8, 4) is 17.2 Å². The van der Waals surface area contributed by atoms with E-state index in [1.54, 1.807) is 0 Å². The molecule has 0 radical (unpaired) electrons. The second-order valence-corrected chi connectivity index (χ2v) is 4.59. The Morgan fingerprint density at radius 1 is 1.10 bits per heavy atom. The lowest BCUT2D eigenvalue weighted by Crippen LogP contribution is -2.21. The Morgan fingerprint density at radius 2 is 1.90 bits per heavy atom. The highest BCUT2D eigenvalue weighted by Gasteiger charge is 2.17. The van der Waals surface area contributed by atoms with Gasteiger partial charge in [-0.2, -0.15) is 0 Å². The highest BCUT2D eigenvalue weighted by molar-refractivity contribution is 5.47. The van der Waals surface area contributed by atoms with Crippen LogP contribution in [0.25, 0.3) is 0 Å². The minimum Gasteiger partial charge on any atom is -0.484 e. The van der Waals surface area contributed by atoms with Gasteiger partial charge in [0, 0.05) is 12.6 Å². The topological polar surface area (TPSA) is 39.7 Å². The van der Waals surface area contributed by atoms with E-state index < -0.39 is 0 Å². The lowest BCUT2D eigenvalue weighted by atomic mass is 10.1. The molecule has 1 aliphatic rings. The van der Waals surface area contributed by atoms with E-state index in [2.05, 4.69) is 17.4 Å². The lowest BCUT2D eigenvalue weighted by Gasteiger charge is -2.19. The van der Waals surface area contributed by atoms with Gasteiger partial charge >= 0.3 is 0 Å². The van der Waals surface area contributed by atoms with Gasteiger partial charge in [0.15, 0.2) is 11.5 Å². The van der Waals surface area contributed by atoms with Crippen LogP contribution in [-0.4, -0.2) is 20.4 Å². The third-order valence-corrected chi connectivity index (χ3v) is 3.18. The Morgan fingerprint density at radius 3 is 2.70 bits per heavy atom. The van der Waals surface area contributed by atoms with Crippen molar-refractivity contribution in [2.75, 3.05) is 20.4 Å². The summed E-state index contributed by atoms with van der Waals surface area (Å²) in [6.07, 6.45) is -0.0402. The van der Waals surface area contributed by atoms with E-state index in [0.717, 1.165) is 29.4 Å². The zero-order chi connectivity index (χ0) is 13.8. The molecule has 4 nitrogen and oxygen atoms in total. The maximum Gasteiger partial charge on any atom is 0.231 e. The first-order chi connectivity index (χ1) is 9.86. The monoisotopic (exact) mass is 271 g/mol. The first-order valence-corrected chi connectivity index (χ1v) is 6.62. The van der Waals surface area contributed by atoms with E-state index in [9.17, 15) is 0 Å². The van der Waals surface area contributed by atoms with Crippen LogP contribution in [0.5, 0.6) is 17.2 Å². The normalized spacial score (nSPS) is 14.1. The van der Waals surface area contributed by atoms with Crippen LogP contribution >= 0.6 is 0 Å². The SMILES string of the molecule is CNCC(Oc1ccc2c(c1)OCO2)c1ccccc1. The number of likely N-dealkylation sites (N-methyl/N-ethyl adjacent to an activating group) is 1. The minimum atomic E-state index is -0.0402. The molecule has 0 aromatic heterocycles. The van der Waals surface area contributed by atoms with Gasteiger partial charge in [-0.3, -0.25) is 0 Å². The molecule has 0 amide bonds. The number of fused-ring (bicyclic) bond motifs is 1. The van der Waals surface area contributed by atoms with Gasteiger partial charge in [0.1, 0.15) is 11.9 Å². The van der Waals surface area contributed by atoms with Gasteiger partial charge in [0.05, 0.1) is 0 Å². The van der Waals surface area contributed by atoms with Crippen LogP contribution in [0.4, 0.5) is 0 Å². The fourth-order valence-corrected chi connectivity index (χ4v) is 2.20. The fourth-order valence-electron chi connectivity index (χ4n) is 2.20. The van der Waals surface area contributed by atoms with Gasteiger partial charge in [0.25, 0.3) is 0 Å². The zero-order valence-corrected chi connectivity index (χ0v) is 11.3. The molecule has 20 heavy (non-hydrogen) atoms. The third-order valence-electron chi connectivity index (χ3n) is 3.18. The predicted octanol–water partition coefficient (Wildman–Crippen LogP) is 2.75. The molecule has 1 aliphatic heterocycles. The predicted molar refractivity (Wildman–Crippen MR) is 76.3 cm³/mol. The summed E-state index contributed by atoms with van der Waals surface area (Å²) in [5.41, 5.74) is 1.14. The van der Waals surface area contributed by atoms with Crippen LogP contribution in [0, 0.1) is 0 Å². The van der Waals surface area contributed by atoms with Gasteiger partial charge in [-0.25, -0.2) is 0 Å². The summed E-state index contributed by atoms with van der Waals surface area (Å²) in [7, 11) is 1.92. The number of nitrogens with one attached hydrogen (secondary N) is 1. The largest absolute Gasteiger partial charge is 0.484 e. The summed E-state index contributed by atoms with van der Waals surface area (Å²) in [4.78, 5) is 0. The molecule has 0 saturated carbocycles. The third kappa shape index (κ3) is 2.70. The fraction of sp³-hybridized carbons (Fsp3) is 0.250. The molecule has 1 atom stereocenters. The van der Waals surface area contributed by atoms with Crippen molar-refractivity contribution >= 4 is 0 Å². The smallest absolute Gasteiger partial charge is 0.231 e. The molecule has 0 fully saturated rings. The van der Waals surface area contributed by atoms with E-state index in [1.807, 2.05) is 43.4 Å². The molecule has 0 spiro atoms. The Balaban J connectivity index is 1.80. The van der Waals surface area contributed by atoms with Crippen LogP contribution in [0.3, 0.4) is 0 Å². The molecule has 3 rings (SSSR count). The highest BCUT2D eigenvalue weighted by atomic mass is 16.7. The Kier molecular flexibility index (Phi) is 3.74. The molecular weight excluding hydrogens is 254 g/mol. The molecule has 1 N–H and O–H groups in total. The second-order valence-electron chi connectivity index (χ2n) is 4.59. The van der Waals surface area contributed by atoms with Crippen molar-refractivity contribution in [1.29, 1.82) is 0 Å². The average Bonchev–Trinajstić information content (AvgIpc) is 2.95. The van der Waals surface area contributed by atoms with Crippen molar-refractivity contribution in [3.63, 3.8) is 0 Å². The second kappa shape index (κ2) is 5.84. The first kappa shape index (κ1) is 12.8. The van der Waals surface area contributed by atoms with Gasteiger partial charge in [-0.05, 0) is 24.7 Å².